The third kappa shape index (κ3) is 3.06. The third-order valence-corrected chi connectivity index (χ3v) is 3.51. The number of halogens is 1. The van der Waals surface area contributed by atoms with Crippen molar-refractivity contribution in [3.8, 4) is 0 Å². The molecule has 0 aliphatic carbocycles. The molecule has 0 amide bonds. The van der Waals surface area contributed by atoms with Crippen LogP contribution in [0.3, 0.4) is 0 Å². The molecule has 1 heterocycles. The largest absolute Gasteiger partial charge is 0.365 e. The Hall–Kier alpha value is -2.49. The molecule has 0 saturated heterocycles. The van der Waals surface area contributed by atoms with Gasteiger partial charge in [0.15, 0.2) is 0 Å². The summed E-state index contributed by atoms with van der Waals surface area (Å²) in [5, 5.41) is 4.34. The number of hydrogen-bond donors (Lipinski definition) is 1. The first-order chi connectivity index (χ1) is 10.6. The Labute approximate surface area is 129 Å². The molecule has 2 aromatic carbocycles. The Kier molecular flexibility index (Phi) is 4.00. The highest BCUT2D eigenvalue weighted by Crippen LogP contribution is 2.23. The van der Waals surface area contributed by atoms with Gasteiger partial charge in [-0.3, -0.25) is 0 Å². The van der Waals surface area contributed by atoms with Crippen molar-refractivity contribution >= 4 is 16.7 Å². The molecule has 0 saturated carbocycles. The van der Waals surface area contributed by atoms with Crippen molar-refractivity contribution in [2.45, 2.75) is 26.3 Å². The Morgan fingerprint density at radius 1 is 1.00 bits per heavy atom. The van der Waals surface area contributed by atoms with Crippen LogP contribution in [-0.2, 0) is 6.54 Å². The van der Waals surface area contributed by atoms with Gasteiger partial charge in [0, 0.05) is 17.8 Å². The number of aromatic nitrogens is 2. The summed E-state index contributed by atoms with van der Waals surface area (Å²) >= 11 is 0. The summed E-state index contributed by atoms with van der Waals surface area (Å²) in [4.78, 5) is 9.24. The van der Waals surface area contributed by atoms with Gasteiger partial charge in [-0.2, -0.15) is 0 Å². The highest BCUT2D eigenvalue weighted by Gasteiger charge is 2.09. The normalized spacial score (nSPS) is 11.1. The number of rotatable bonds is 4. The Bertz CT molecular complexity index is 782. The molecule has 22 heavy (non-hydrogen) atoms. The molecule has 4 heteroatoms. The van der Waals surface area contributed by atoms with E-state index in [1.54, 1.807) is 12.1 Å². The van der Waals surface area contributed by atoms with Gasteiger partial charge in [0.2, 0.25) is 0 Å². The van der Waals surface area contributed by atoms with E-state index in [2.05, 4.69) is 29.1 Å². The number of anilines is 1. The minimum atomic E-state index is -0.224. The quantitative estimate of drug-likeness (QED) is 0.770. The summed E-state index contributed by atoms with van der Waals surface area (Å²) in [5.74, 6) is 1.67. The third-order valence-electron chi connectivity index (χ3n) is 3.51. The summed E-state index contributed by atoms with van der Waals surface area (Å²) in [6.07, 6.45) is 0. The number of nitrogens with one attached hydrogen (secondary N) is 1. The van der Waals surface area contributed by atoms with E-state index < -0.39 is 0 Å². The Morgan fingerprint density at radius 3 is 2.45 bits per heavy atom. The molecule has 0 fully saturated rings. The fourth-order valence-electron chi connectivity index (χ4n) is 2.28. The maximum Gasteiger partial charge on any atom is 0.137 e. The molecule has 0 bridgehead atoms. The Morgan fingerprint density at radius 2 is 1.73 bits per heavy atom. The van der Waals surface area contributed by atoms with Crippen LogP contribution in [0.25, 0.3) is 10.9 Å². The smallest absolute Gasteiger partial charge is 0.137 e. The van der Waals surface area contributed by atoms with Gasteiger partial charge >= 0.3 is 0 Å². The zero-order valence-corrected chi connectivity index (χ0v) is 12.7. The molecule has 0 atom stereocenters. The van der Waals surface area contributed by atoms with Gasteiger partial charge in [0.25, 0.3) is 0 Å². The van der Waals surface area contributed by atoms with Crippen molar-refractivity contribution in [2.24, 2.45) is 0 Å². The summed E-state index contributed by atoms with van der Waals surface area (Å²) < 4.78 is 13.0. The summed E-state index contributed by atoms with van der Waals surface area (Å²) in [7, 11) is 0. The topological polar surface area (TPSA) is 37.8 Å². The van der Waals surface area contributed by atoms with Crippen LogP contribution < -0.4 is 5.32 Å². The second kappa shape index (κ2) is 6.10. The lowest BCUT2D eigenvalue weighted by Gasteiger charge is -2.12. The van der Waals surface area contributed by atoms with E-state index in [-0.39, 0.29) is 11.7 Å². The first kappa shape index (κ1) is 14.4. The van der Waals surface area contributed by atoms with Crippen LogP contribution in [0.15, 0.2) is 48.5 Å². The first-order valence-corrected chi connectivity index (χ1v) is 7.38. The Balaban J connectivity index is 1.93. The van der Waals surface area contributed by atoms with Gasteiger partial charge in [0.1, 0.15) is 17.5 Å². The van der Waals surface area contributed by atoms with Gasteiger partial charge < -0.3 is 5.32 Å². The summed E-state index contributed by atoms with van der Waals surface area (Å²) in [5.41, 5.74) is 1.94. The molecule has 3 rings (SSSR count). The second-order valence-electron chi connectivity index (χ2n) is 5.58. The van der Waals surface area contributed by atoms with E-state index in [0.717, 1.165) is 28.1 Å². The molecule has 1 aromatic heterocycles. The highest BCUT2D eigenvalue weighted by molar-refractivity contribution is 5.89. The molecule has 3 nitrogen and oxygen atoms in total. The monoisotopic (exact) mass is 295 g/mol. The van der Waals surface area contributed by atoms with Gasteiger partial charge in [-0.05, 0) is 29.8 Å². The molecule has 0 aliphatic rings. The molecule has 0 aliphatic heterocycles. The van der Waals surface area contributed by atoms with Crippen molar-refractivity contribution in [1.29, 1.82) is 0 Å². The molecule has 0 spiro atoms. The molecule has 3 aromatic rings. The summed E-state index contributed by atoms with van der Waals surface area (Å²) in [6.45, 7) is 4.75. The molecule has 112 valence electrons. The van der Waals surface area contributed by atoms with E-state index in [1.165, 1.54) is 12.1 Å². The van der Waals surface area contributed by atoms with E-state index >= 15 is 0 Å². The van der Waals surface area contributed by atoms with Crippen molar-refractivity contribution in [2.75, 3.05) is 5.32 Å². The zero-order valence-electron chi connectivity index (χ0n) is 12.7. The van der Waals surface area contributed by atoms with Gasteiger partial charge in [-0.25, -0.2) is 14.4 Å². The van der Waals surface area contributed by atoms with Crippen LogP contribution in [0, 0.1) is 5.82 Å². The number of hydrogen-bond acceptors (Lipinski definition) is 3. The zero-order chi connectivity index (χ0) is 15.5. The van der Waals surface area contributed by atoms with Crippen LogP contribution in [0.2, 0.25) is 0 Å². The predicted molar refractivity (Wildman–Crippen MR) is 87.4 cm³/mol. The number of benzene rings is 2. The molecule has 0 radical (unpaired) electrons. The maximum absolute atomic E-state index is 13.0. The molecular weight excluding hydrogens is 277 g/mol. The van der Waals surface area contributed by atoms with Crippen LogP contribution in [0.1, 0.15) is 31.2 Å². The predicted octanol–water partition coefficient (Wildman–Crippen LogP) is 4.50. The lowest BCUT2D eigenvalue weighted by molar-refractivity contribution is 0.627. The SMILES string of the molecule is CC(C)c1nc(NCc2ccc(F)cc2)c2ccccc2n1. The van der Waals surface area contributed by atoms with E-state index in [4.69, 9.17) is 0 Å². The van der Waals surface area contributed by atoms with Gasteiger partial charge in [-0.1, -0.05) is 38.1 Å². The first-order valence-electron chi connectivity index (χ1n) is 7.38. The molecule has 1 N–H and O–H groups in total. The minimum Gasteiger partial charge on any atom is -0.365 e. The molecular formula is C18H18FN3. The van der Waals surface area contributed by atoms with E-state index in [1.807, 2.05) is 24.3 Å². The van der Waals surface area contributed by atoms with E-state index in [9.17, 15) is 4.39 Å². The maximum atomic E-state index is 13.0. The number of nitrogens with zero attached hydrogens (tertiary/aromatic N) is 2. The molecule has 0 unspecified atom stereocenters. The fourth-order valence-corrected chi connectivity index (χ4v) is 2.28. The van der Waals surface area contributed by atoms with Crippen LogP contribution in [-0.4, -0.2) is 9.97 Å². The van der Waals surface area contributed by atoms with Gasteiger partial charge in [-0.15, -0.1) is 0 Å². The minimum absolute atomic E-state index is 0.224. The van der Waals surface area contributed by atoms with Crippen molar-refractivity contribution < 1.29 is 4.39 Å². The lowest BCUT2D eigenvalue weighted by Crippen LogP contribution is -2.06. The summed E-state index contributed by atoms with van der Waals surface area (Å²) in [6, 6.07) is 14.4. The van der Waals surface area contributed by atoms with Crippen LogP contribution >= 0.6 is 0 Å². The van der Waals surface area contributed by atoms with Crippen molar-refractivity contribution in [1.82, 2.24) is 9.97 Å². The average Bonchev–Trinajstić information content (AvgIpc) is 2.53. The highest BCUT2D eigenvalue weighted by atomic mass is 19.1. The van der Waals surface area contributed by atoms with Crippen molar-refractivity contribution in [3.63, 3.8) is 0 Å². The number of fused-ring (bicyclic) bond motifs is 1. The standard InChI is InChI=1S/C18H18FN3/c1-12(2)17-21-16-6-4-3-5-15(16)18(22-17)20-11-13-7-9-14(19)10-8-13/h3-10,12H,11H2,1-2H3,(H,20,21,22). The number of para-hydroxylation sites is 1. The lowest BCUT2D eigenvalue weighted by atomic mass is 10.1. The van der Waals surface area contributed by atoms with Crippen LogP contribution in [0.4, 0.5) is 10.2 Å². The van der Waals surface area contributed by atoms with Gasteiger partial charge in [0.05, 0.1) is 5.52 Å². The fraction of sp³-hybridized carbons (Fsp3) is 0.222. The second-order valence-corrected chi connectivity index (χ2v) is 5.58. The van der Waals surface area contributed by atoms with E-state index in [0.29, 0.717) is 6.54 Å². The van der Waals surface area contributed by atoms with Crippen LogP contribution in [0.5, 0.6) is 0 Å². The van der Waals surface area contributed by atoms with Crippen molar-refractivity contribution in [3.05, 3.63) is 65.7 Å². The average molecular weight is 295 g/mol.